The Hall–Kier alpha value is -1.06. The number of carbonyl (C=O) groups excluding carboxylic acids is 1. The number of aryl methyl sites for hydroxylation is 1. The highest BCUT2D eigenvalue weighted by Crippen LogP contribution is 2.34. The van der Waals surface area contributed by atoms with E-state index in [1.165, 1.54) is 0 Å². The van der Waals surface area contributed by atoms with Crippen molar-refractivity contribution in [3.8, 4) is 0 Å². The van der Waals surface area contributed by atoms with Crippen molar-refractivity contribution in [2.45, 2.75) is 24.0 Å². The van der Waals surface area contributed by atoms with Gasteiger partial charge in [0.25, 0.3) is 0 Å². The second kappa shape index (κ2) is 5.86. The molecule has 2 aliphatic heterocycles. The van der Waals surface area contributed by atoms with Crippen molar-refractivity contribution < 1.29 is 13.2 Å². The maximum atomic E-state index is 12.2. The van der Waals surface area contributed by atoms with Gasteiger partial charge in [0.2, 0.25) is 5.91 Å². The zero-order valence-electron chi connectivity index (χ0n) is 12.7. The fourth-order valence-corrected chi connectivity index (χ4v) is 5.79. The second-order valence-electron chi connectivity index (χ2n) is 5.91. The van der Waals surface area contributed by atoms with Crippen LogP contribution in [0.3, 0.4) is 0 Å². The lowest BCUT2D eigenvalue weighted by molar-refractivity contribution is -0.117. The Labute approximate surface area is 134 Å². The van der Waals surface area contributed by atoms with E-state index >= 15 is 0 Å². The average Bonchev–Trinajstić information content (AvgIpc) is 3.07. The van der Waals surface area contributed by atoms with E-state index in [2.05, 4.69) is 10.4 Å². The molecule has 0 saturated carbocycles. The summed E-state index contributed by atoms with van der Waals surface area (Å²) in [6.07, 6.45) is 0.601. The Bertz CT molecular complexity index is 698. The summed E-state index contributed by atoms with van der Waals surface area (Å²) in [5, 5.41) is 7.33. The summed E-state index contributed by atoms with van der Waals surface area (Å²) in [6.45, 7) is 0.188. The van der Waals surface area contributed by atoms with Crippen molar-refractivity contribution in [2.75, 3.05) is 30.4 Å². The van der Waals surface area contributed by atoms with Gasteiger partial charge in [0, 0.05) is 30.2 Å². The molecule has 7 nitrogen and oxygen atoms in total. The van der Waals surface area contributed by atoms with Crippen LogP contribution in [-0.4, -0.2) is 60.1 Å². The minimum absolute atomic E-state index is 0.0662. The first kappa shape index (κ1) is 15.8. The number of hydrogen-bond acceptors (Lipinski definition) is 6. The lowest BCUT2D eigenvalue weighted by Crippen LogP contribution is -2.39. The normalized spacial score (nSPS) is 23.0. The summed E-state index contributed by atoms with van der Waals surface area (Å²) in [6, 6.07) is -0.0662. The highest BCUT2D eigenvalue weighted by atomic mass is 32.2. The Morgan fingerprint density at radius 1 is 1.50 bits per heavy atom. The summed E-state index contributed by atoms with van der Waals surface area (Å²) in [5.74, 6) is 2.76. The maximum Gasteiger partial charge on any atom is 0.239 e. The SMILES string of the molecule is CN(CC(=O)Nc1c2c(nn1C)CSC2)C1CCS(=O)(=O)C1. The van der Waals surface area contributed by atoms with Gasteiger partial charge in [0.1, 0.15) is 5.82 Å². The van der Waals surface area contributed by atoms with Crippen LogP contribution in [0.1, 0.15) is 17.7 Å². The van der Waals surface area contributed by atoms with Gasteiger partial charge >= 0.3 is 0 Å². The molecule has 0 aliphatic carbocycles. The summed E-state index contributed by atoms with van der Waals surface area (Å²) < 4.78 is 24.7. The van der Waals surface area contributed by atoms with Crippen LogP contribution in [0.2, 0.25) is 0 Å². The lowest BCUT2D eigenvalue weighted by Gasteiger charge is -2.22. The fourth-order valence-electron chi connectivity index (χ4n) is 2.95. The zero-order valence-corrected chi connectivity index (χ0v) is 14.3. The number of amides is 1. The van der Waals surface area contributed by atoms with Crippen molar-refractivity contribution in [1.82, 2.24) is 14.7 Å². The number of aromatic nitrogens is 2. The quantitative estimate of drug-likeness (QED) is 0.841. The number of fused-ring (bicyclic) bond motifs is 1. The summed E-state index contributed by atoms with van der Waals surface area (Å²) in [4.78, 5) is 14.1. The van der Waals surface area contributed by atoms with Gasteiger partial charge in [-0.2, -0.15) is 16.9 Å². The number of nitrogens with zero attached hydrogens (tertiary/aromatic N) is 3. The predicted molar refractivity (Wildman–Crippen MR) is 86.5 cm³/mol. The molecule has 0 aromatic carbocycles. The van der Waals surface area contributed by atoms with Crippen LogP contribution in [0, 0.1) is 0 Å². The minimum atomic E-state index is -2.93. The number of likely N-dealkylation sites (N-methyl/N-ethyl adjacent to an activating group) is 1. The zero-order chi connectivity index (χ0) is 15.9. The van der Waals surface area contributed by atoms with Gasteiger partial charge in [0.15, 0.2) is 9.84 Å². The van der Waals surface area contributed by atoms with E-state index in [0.717, 1.165) is 28.6 Å². The molecule has 0 spiro atoms. The molecular weight excluding hydrogens is 324 g/mol. The van der Waals surface area contributed by atoms with Crippen LogP contribution in [0.25, 0.3) is 0 Å². The van der Waals surface area contributed by atoms with Crippen LogP contribution in [-0.2, 0) is 33.2 Å². The molecular formula is C13H20N4O3S2. The Balaban J connectivity index is 1.61. The number of rotatable bonds is 4. The molecule has 1 atom stereocenters. The molecule has 22 heavy (non-hydrogen) atoms. The lowest BCUT2D eigenvalue weighted by atomic mass is 10.2. The van der Waals surface area contributed by atoms with Gasteiger partial charge in [-0.3, -0.25) is 14.4 Å². The van der Waals surface area contributed by atoms with Crippen molar-refractivity contribution in [1.29, 1.82) is 0 Å². The molecule has 2 aliphatic rings. The highest BCUT2D eigenvalue weighted by molar-refractivity contribution is 7.98. The van der Waals surface area contributed by atoms with Crippen molar-refractivity contribution >= 4 is 33.3 Å². The molecule has 1 unspecified atom stereocenters. The summed E-state index contributed by atoms with van der Waals surface area (Å²) in [7, 11) is 0.694. The number of hydrogen-bond donors (Lipinski definition) is 1. The number of anilines is 1. The van der Waals surface area contributed by atoms with Crippen LogP contribution in [0.5, 0.6) is 0 Å². The van der Waals surface area contributed by atoms with Gasteiger partial charge in [-0.1, -0.05) is 0 Å². The number of thioether (sulfide) groups is 1. The summed E-state index contributed by atoms with van der Waals surface area (Å²) in [5.41, 5.74) is 2.14. The van der Waals surface area contributed by atoms with E-state index < -0.39 is 9.84 Å². The monoisotopic (exact) mass is 344 g/mol. The summed E-state index contributed by atoms with van der Waals surface area (Å²) >= 11 is 1.79. The van der Waals surface area contributed by atoms with E-state index in [0.29, 0.717) is 6.42 Å². The van der Waals surface area contributed by atoms with Gasteiger partial charge in [-0.25, -0.2) is 8.42 Å². The third kappa shape index (κ3) is 3.16. The average molecular weight is 344 g/mol. The largest absolute Gasteiger partial charge is 0.310 e. The standard InChI is InChI=1S/C13H20N4O3S2/c1-16(9-3-4-22(19,20)8-9)5-12(18)14-13-10-6-21-7-11(10)15-17(13)2/h9H,3-8H2,1-2H3,(H,14,18). The number of carbonyl (C=O) groups is 1. The van der Waals surface area contributed by atoms with Crippen LogP contribution in [0.15, 0.2) is 0 Å². The molecule has 0 radical (unpaired) electrons. The molecule has 1 saturated heterocycles. The molecule has 1 amide bonds. The van der Waals surface area contributed by atoms with Gasteiger partial charge in [0.05, 0.1) is 23.7 Å². The molecule has 9 heteroatoms. The molecule has 1 aromatic heterocycles. The molecule has 1 N–H and O–H groups in total. The fraction of sp³-hybridized carbons (Fsp3) is 0.692. The van der Waals surface area contributed by atoms with Gasteiger partial charge in [-0.15, -0.1) is 0 Å². The molecule has 3 heterocycles. The molecule has 3 rings (SSSR count). The minimum Gasteiger partial charge on any atom is -0.310 e. The van der Waals surface area contributed by atoms with Crippen molar-refractivity contribution in [3.63, 3.8) is 0 Å². The van der Waals surface area contributed by atoms with E-state index in [4.69, 9.17) is 0 Å². The maximum absolute atomic E-state index is 12.2. The van der Waals surface area contributed by atoms with E-state index in [1.807, 2.05) is 11.9 Å². The first-order valence-electron chi connectivity index (χ1n) is 7.19. The highest BCUT2D eigenvalue weighted by Gasteiger charge is 2.31. The van der Waals surface area contributed by atoms with Crippen LogP contribution >= 0.6 is 11.8 Å². The second-order valence-corrected chi connectivity index (χ2v) is 9.12. The van der Waals surface area contributed by atoms with Gasteiger partial charge < -0.3 is 5.32 Å². The molecule has 1 fully saturated rings. The van der Waals surface area contributed by atoms with Crippen LogP contribution < -0.4 is 5.32 Å². The first-order valence-corrected chi connectivity index (χ1v) is 10.2. The van der Waals surface area contributed by atoms with Crippen LogP contribution in [0.4, 0.5) is 5.82 Å². The molecule has 122 valence electrons. The van der Waals surface area contributed by atoms with E-state index in [9.17, 15) is 13.2 Å². The predicted octanol–water partition coefficient (Wildman–Crippen LogP) is 0.224. The van der Waals surface area contributed by atoms with Crippen molar-refractivity contribution in [2.24, 2.45) is 7.05 Å². The Morgan fingerprint density at radius 3 is 2.95 bits per heavy atom. The Morgan fingerprint density at radius 2 is 2.27 bits per heavy atom. The van der Waals surface area contributed by atoms with Gasteiger partial charge in [-0.05, 0) is 13.5 Å². The van der Waals surface area contributed by atoms with E-state index in [-0.39, 0.29) is 30.0 Å². The third-order valence-electron chi connectivity index (χ3n) is 4.20. The number of sulfone groups is 1. The third-order valence-corrected chi connectivity index (χ3v) is 6.92. The molecule has 0 bridgehead atoms. The van der Waals surface area contributed by atoms with Crippen molar-refractivity contribution in [3.05, 3.63) is 11.3 Å². The van der Waals surface area contributed by atoms with E-state index in [1.54, 1.807) is 23.5 Å². The topological polar surface area (TPSA) is 84.3 Å². The smallest absolute Gasteiger partial charge is 0.239 e. The Kier molecular flexibility index (Phi) is 4.21. The number of nitrogens with one attached hydrogen (secondary N) is 1. The first-order chi connectivity index (χ1) is 10.4. The molecule has 1 aromatic rings.